The van der Waals surface area contributed by atoms with E-state index in [1.807, 2.05) is 26.0 Å². The van der Waals surface area contributed by atoms with E-state index in [1.165, 1.54) is 11.1 Å². The summed E-state index contributed by atoms with van der Waals surface area (Å²) in [5, 5.41) is 0. The van der Waals surface area contributed by atoms with Crippen LogP contribution in [0.5, 0.6) is 0 Å². The molecule has 2 rings (SSSR count). The number of carbonyl (C=O) groups excluding carboxylic acids is 1. The summed E-state index contributed by atoms with van der Waals surface area (Å²) in [6, 6.07) is 0. The van der Waals surface area contributed by atoms with Crippen molar-refractivity contribution >= 4 is 5.78 Å². The predicted molar refractivity (Wildman–Crippen MR) is 60.1 cm³/mol. The molecule has 0 amide bonds. The Labute approximate surface area is 86.2 Å². The molecule has 2 aliphatic carbocycles. The molecule has 0 radical (unpaired) electrons. The summed E-state index contributed by atoms with van der Waals surface area (Å²) in [4.78, 5) is 11.4. The van der Waals surface area contributed by atoms with Crippen LogP contribution in [0, 0.1) is 0 Å². The second-order valence-electron chi connectivity index (χ2n) is 3.39. The van der Waals surface area contributed by atoms with E-state index in [-0.39, 0.29) is 0 Å². The van der Waals surface area contributed by atoms with E-state index in [4.69, 9.17) is 0 Å². The Morgan fingerprint density at radius 2 is 1.93 bits per heavy atom. The summed E-state index contributed by atoms with van der Waals surface area (Å²) in [5.74, 6) is 0.316. The summed E-state index contributed by atoms with van der Waals surface area (Å²) in [6.07, 6.45) is 8.74. The smallest absolute Gasteiger partial charge is 0.163 e. The van der Waals surface area contributed by atoms with Crippen molar-refractivity contribution in [3.63, 3.8) is 0 Å². The lowest BCUT2D eigenvalue weighted by molar-refractivity contribution is -0.114. The maximum Gasteiger partial charge on any atom is 0.163 e. The van der Waals surface area contributed by atoms with E-state index in [1.54, 1.807) is 0 Å². The van der Waals surface area contributed by atoms with Gasteiger partial charge in [-0.2, -0.15) is 0 Å². The van der Waals surface area contributed by atoms with E-state index in [0.29, 0.717) is 12.2 Å². The van der Waals surface area contributed by atoms with Gasteiger partial charge in [0.1, 0.15) is 0 Å². The zero-order chi connectivity index (χ0) is 10.6. The first-order valence-electron chi connectivity index (χ1n) is 5.38. The van der Waals surface area contributed by atoms with Gasteiger partial charge >= 0.3 is 0 Å². The molecule has 0 bridgehead atoms. The third kappa shape index (κ3) is 2.03. The zero-order valence-corrected chi connectivity index (χ0v) is 9.26. The number of Topliss-reactive ketones (excluding diaryl/α,β-unsaturated/α-hetero) is 1. The van der Waals surface area contributed by atoms with Crippen LogP contribution < -0.4 is 0 Å². The van der Waals surface area contributed by atoms with Crippen LogP contribution in [0.1, 0.15) is 40.0 Å². The van der Waals surface area contributed by atoms with Crippen molar-refractivity contribution in [3.05, 3.63) is 34.9 Å². The molecule has 1 fully saturated rings. The molecule has 0 heterocycles. The highest BCUT2D eigenvalue weighted by molar-refractivity contribution is 6.03. The van der Waals surface area contributed by atoms with Gasteiger partial charge in [-0.25, -0.2) is 0 Å². The standard InChI is InChI=1S/C11H12O.C2H6/c1-8-4-2-3-5-10-9(8)6-7-11(10)12;1-2/h2-3,5H,4,6-7H2,1H3;1-2H3. The van der Waals surface area contributed by atoms with Crippen molar-refractivity contribution in [1.29, 1.82) is 0 Å². The van der Waals surface area contributed by atoms with Crippen molar-refractivity contribution in [2.24, 2.45) is 0 Å². The third-order valence-electron chi connectivity index (χ3n) is 2.57. The first kappa shape index (κ1) is 11.0. The maximum absolute atomic E-state index is 11.4. The van der Waals surface area contributed by atoms with Gasteiger partial charge in [0.05, 0.1) is 0 Å². The van der Waals surface area contributed by atoms with Crippen molar-refractivity contribution in [2.75, 3.05) is 0 Å². The lowest BCUT2D eigenvalue weighted by Gasteiger charge is -2.01. The number of fused-ring (bicyclic) bond motifs is 1. The molecule has 0 aromatic carbocycles. The molecule has 0 saturated heterocycles. The van der Waals surface area contributed by atoms with Crippen molar-refractivity contribution < 1.29 is 4.79 Å². The van der Waals surface area contributed by atoms with E-state index < -0.39 is 0 Å². The molecule has 0 spiro atoms. The maximum atomic E-state index is 11.4. The van der Waals surface area contributed by atoms with Crippen LogP contribution in [-0.2, 0) is 4.79 Å². The topological polar surface area (TPSA) is 17.1 Å². The number of hydrogen-bond acceptors (Lipinski definition) is 1. The van der Waals surface area contributed by atoms with Gasteiger partial charge in [0.25, 0.3) is 0 Å². The Hall–Kier alpha value is -1.11. The van der Waals surface area contributed by atoms with E-state index >= 15 is 0 Å². The molecule has 2 aliphatic rings. The average molecular weight is 190 g/mol. The number of ketones is 1. The summed E-state index contributed by atoms with van der Waals surface area (Å²) < 4.78 is 0. The molecule has 1 heteroatoms. The van der Waals surface area contributed by atoms with Crippen LogP contribution in [-0.4, -0.2) is 5.78 Å². The van der Waals surface area contributed by atoms with Crippen LogP contribution in [0.4, 0.5) is 0 Å². The predicted octanol–water partition coefficient (Wildman–Crippen LogP) is 3.58. The monoisotopic (exact) mass is 190 g/mol. The molecule has 0 aromatic rings. The Morgan fingerprint density at radius 3 is 2.64 bits per heavy atom. The van der Waals surface area contributed by atoms with Crippen LogP contribution >= 0.6 is 0 Å². The SMILES string of the molecule is CC.CC1=C2CCC(=O)C2=CC=CC1. The van der Waals surface area contributed by atoms with Gasteiger partial charge in [0.2, 0.25) is 0 Å². The van der Waals surface area contributed by atoms with Gasteiger partial charge in [0, 0.05) is 12.0 Å². The number of rotatable bonds is 0. The Kier molecular flexibility index (Phi) is 3.87. The summed E-state index contributed by atoms with van der Waals surface area (Å²) in [7, 11) is 0. The molecular weight excluding hydrogens is 172 g/mol. The minimum atomic E-state index is 0.316. The molecule has 0 aromatic heterocycles. The summed E-state index contributed by atoms with van der Waals surface area (Å²) in [6.45, 7) is 6.12. The minimum absolute atomic E-state index is 0.316. The van der Waals surface area contributed by atoms with Crippen molar-refractivity contribution in [3.8, 4) is 0 Å². The fourth-order valence-electron chi connectivity index (χ4n) is 1.85. The Balaban J connectivity index is 0.000000461. The molecule has 1 saturated carbocycles. The fraction of sp³-hybridized carbons (Fsp3) is 0.462. The van der Waals surface area contributed by atoms with E-state index in [0.717, 1.165) is 18.4 Å². The normalized spacial score (nSPS) is 19.6. The van der Waals surface area contributed by atoms with Crippen LogP contribution in [0.2, 0.25) is 0 Å². The highest BCUT2D eigenvalue weighted by Crippen LogP contribution is 2.32. The Bertz CT molecular complexity index is 316. The molecular formula is C13H18O. The van der Waals surface area contributed by atoms with Gasteiger partial charge in [0.15, 0.2) is 5.78 Å². The molecule has 14 heavy (non-hydrogen) atoms. The molecule has 1 nitrogen and oxygen atoms in total. The quantitative estimate of drug-likeness (QED) is 0.570. The van der Waals surface area contributed by atoms with Crippen LogP contribution in [0.15, 0.2) is 34.9 Å². The molecule has 0 atom stereocenters. The summed E-state index contributed by atoms with van der Waals surface area (Å²) >= 11 is 0. The lowest BCUT2D eigenvalue weighted by Crippen LogP contribution is -1.92. The van der Waals surface area contributed by atoms with Crippen molar-refractivity contribution in [2.45, 2.75) is 40.0 Å². The highest BCUT2D eigenvalue weighted by atomic mass is 16.1. The molecule has 0 aliphatic heterocycles. The first-order valence-corrected chi connectivity index (χ1v) is 5.38. The van der Waals surface area contributed by atoms with Gasteiger partial charge in [-0.3, -0.25) is 4.79 Å². The zero-order valence-electron chi connectivity index (χ0n) is 9.26. The lowest BCUT2D eigenvalue weighted by atomic mass is 10.0. The molecule has 76 valence electrons. The summed E-state index contributed by atoms with van der Waals surface area (Å²) in [5.41, 5.74) is 3.62. The van der Waals surface area contributed by atoms with Crippen LogP contribution in [0.3, 0.4) is 0 Å². The third-order valence-corrected chi connectivity index (χ3v) is 2.57. The molecule has 0 N–H and O–H groups in total. The number of hydrogen-bond donors (Lipinski definition) is 0. The number of allylic oxidation sites excluding steroid dienone is 6. The fourth-order valence-corrected chi connectivity index (χ4v) is 1.85. The highest BCUT2D eigenvalue weighted by Gasteiger charge is 2.23. The second-order valence-corrected chi connectivity index (χ2v) is 3.39. The van der Waals surface area contributed by atoms with Crippen molar-refractivity contribution in [1.82, 2.24) is 0 Å². The van der Waals surface area contributed by atoms with Gasteiger partial charge < -0.3 is 0 Å². The van der Waals surface area contributed by atoms with E-state index in [2.05, 4.69) is 13.0 Å². The minimum Gasteiger partial charge on any atom is -0.294 e. The van der Waals surface area contributed by atoms with E-state index in [9.17, 15) is 4.79 Å². The second kappa shape index (κ2) is 4.94. The Morgan fingerprint density at radius 1 is 1.21 bits per heavy atom. The largest absolute Gasteiger partial charge is 0.294 e. The number of carbonyl (C=O) groups is 1. The van der Waals surface area contributed by atoms with Gasteiger partial charge in [-0.1, -0.05) is 37.6 Å². The first-order chi connectivity index (χ1) is 6.79. The molecule has 0 unspecified atom stereocenters. The van der Waals surface area contributed by atoms with Gasteiger partial charge in [-0.05, 0) is 25.3 Å². The van der Waals surface area contributed by atoms with Gasteiger partial charge in [-0.15, -0.1) is 0 Å². The average Bonchev–Trinajstić information content (AvgIpc) is 2.47. The van der Waals surface area contributed by atoms with Crippen LogP contribution in [0.25, 0.3) is 0 Å².